The van der Waals surface area contributed by atoms with E-state index < -0.39 is 29.7 Å². The van der Waals surface area contributed by atoms with E-state index >= 15 is 0 Å². The molecule has 50 heavy (non-hydrogen) atoms. The van der Waals surface area contributed by atoms with Gasteiger partial charge < -0.3 is 24.3 Å². The van der Waals surface area contributed by atoms with Gasteiger partial charge in [0.15, 0.2) is 0 Å². The van der Waals surface area contributed by atoms with Crippen LogP contribution in [0, 0.1) is 0 Å². The van der Waals surface area contributed by atoms with E-state index in [1.54, 1.807) is 25.1 Å². The second-order valence-electron chi connectivity index (χ2n) is 11.4. The molecule has 0 aliphatic heterocycles. The second-order valence-corrected chi connectivity index (χ2v) is 11.4. The first kappa shape index (κ1) is 37.4. The topological polar surface area (TPSA) is 127 Å². The Morgan fingerprint density at radius 2 is 1.70 bits per heavy atom. The Hall–Kier alpha value is -5.40. The van der Waals surface area contributed by atoms with Crippen LogP contribution in [0.2, 0.25) is 0 Å². The third-order valence-electron chi connectivity index (χ3n) is 7.78. The number of imidazole rings is 1. The maximum absolute atomic E-state index is 13.7. The van der Waals surface area contributed by atoms with Crippen molar-refractivity contribution < 1.29 is 37.0 Å². The number of anilines is 2. The summed E-state index contributed by atoms with van der Waals surface area (Å²) in [4.78, 5) is 43.5. The molecule has 0 bridgehead atoms. The highest BCUT2D eigenvalue weighted by Crippen LogP contribution is 2.31. The highest BCUT2D eigenvalue weighted by molar-refractivity contribution is 6.07. The summed E-state index contributed by atoms with van der Waals surface area (Å²) in [6.45, 7) is 4.57. The number of esters is 1. The van der Waals surface area contributed by atoms with Crippen LogP contribution in [0.4, 0.5) is 29.3 Å². The number of rotatable bonds is 16. The molecule has 0 spiro atoms. The van der Waals surface area contributed by atoms with Crippen LogP contribution in [-0.4, -0.2) is 53.5 Å². The molecule has 1 heterocycles. The van der Waals surface area contributed by atoms with Gasteiger partial charge >= 0.3 is 18.2 Å². The molecular formula is C36H41F3N6O5. The van der Waals surface area contributed by atoms with Crippen molar-refractivity contribution in [2.75, 3.05) is 30.0 Å². The van der Waals surface area contributed by atoms with E-state index in [9.17, 15) is 27.6 Å². The fraction of sp³-hybridized carbons (Fsp3) is 0.361. The number of hydrazone groups is 1. The zero-order valence-corrected chi connectivity index (χ0v) is 28.3. The summed E-state index contributed by atoms with van der Waals surface area (Å²) in [7, 11) is 1.85. The van der Waals surface area contributed by atoms with Crippen LogP contribution in [0.1, 0.15) is 73.3 Å². The minimum absolute atomic E-state index is 0.0919. The monoisotopic (exact) mass is 694 g/mol. The fourth-order valence-corrected chi connectivity index (χ4v) is 5.06. The van der Waals surface area contributed by atoms with Crippen LogP contribution in [0.5, 0.6) is 0 Å². The van der Waals surface area contributed by atoms with Crippen molar-refractivity contribution in [2.24, 2.45) is 12.1 Å². The number of aromatic nitrogens is 2. The summed E-state index contributed by atoms with van der Waals surface area (Å²) in [5, 5.41) is 7.24. The van der Waals surface area contributed by atoms with Crippen LogP contribution < -0.4 is 15.6 Å². The summed E-state index contributed by atoms with van der Waals surface area (Å²) in [5.74, 6) is -0.339. The lowest BCUT2D eigenvalue weighted by molar-refractivity contribution is -0.142. The molecule has 0 aliphatic rings. The Morgan fingerprint density at radius 3 is 2.38 bits per heavy atom. The molecule has 0 unspecified atom stereocenters. The molecule has 4 rings (SSSR count). The molecule has 4 aromatic rings. The predicted molar refractivity (Wildman–Crippen MR) is 185 cm³/mol. The number of benzene rings is 3. The average molecular weight is 695 g/mol. The number of aryl methyl sites for hydroxylation is 1. The number of carbonyl (C=O) groups is 3. The standard InChI is InChI=1S/C36H41F3N6O5/c1-4-6-7-8-21-50-35(48)43-41-23-25-9-14-28(15-10-25)40-24-32-42-30-22-26(11-18-31(30)44(32)3)34(47)45(20-19-33(46)49-5-2)29-16-12-27(13-17-29)36(37,38)39/h9-18,22-23,40H,4-8,19-21,24H2,1-3H3,(H,43,48). The summed E-state index contributed by atoms with van der Waals surface area (Å²) in [6, 6.07) is 16.6. The normalized spacial score (nSPS) is 11.5. The van der Waals surface area contributed by atoms with Gasteiger partial charge in [-0.3, -0.25) is 9.59 Å². The minimum atomic E-state index is -4.53. The molecule has 2 amide bonds. The molecule has 0 saturated heterocycles. The van der Waals surface area contributed by atoms with Gasteiger partial charge in [0.05, 0.1) is 49.0 Å². The van der Waals surface area contributed by atoms with E-state index in [0.29, 0.717) is 24.5 Å². The van der Waals surface area contributed by atoms with Crippen LogP contribution in [0.15, 0.2) is 71.8 Å². The van der Waals surface area contributed by atoms with E-state index in [4.69, 9.17) is 14.5 Å². The SMILES string of the molecule is CCCCCCOC(=O)NN=Cc1ccc(NCc2nc3cc(C(=O)N(CCC(=O)OCC)c4ccc(C(F)(F)F)cc4)ccc3n2C)cc1. The van der Waals surface area contributed by atoms with Gasteiger partial charge in [-0.15, -0.1) is 0 Å². The number of hydrogen-bond acceptors (Lipinski definition) is 8. The van der Waals surface area contributed by atoms with Crippen molar-refractivity contribution in [2.45, 2.75) is 58.7 Å². The van der Waals surface area contributed by atoms with Crippen molar-refractivity contribution >= 4 is 46.6 Å². The van der Waals surface area contributed by atoms with Crippen LogP contribution in [0.25, 0.3) is 11.0 Å². The van der Waals surface area contributed by atoms with Crippen LogP contribution >= 0.6 is 0 Å². The molecule has 14 heteroatoms. The van der Waals surface area contributed by atoms with Crippen molar-refractivity contribution in [3.63, 3.8) is 0 Å². The number of nitrogens with one attached hydrogen (secondary N) is 2. The Bertz CT molecular complexity index is 1770. The van der Waals surface area contributed by atoms with E-state index in [-0.39, 0.29) is 30.8 Å². The van der Waals surface area contributed by atoms with Gasteiger partial charge in [-0.05, 0) is 73.5 Å². The lowest BCUT2D eigenvalue weighted by atomic mass is 10.1. The number of halogens is 3. The predicted octanol–water partition coefficient (Wildman–Crippen LogP) is 7.44. The van der Waals surface area contributed by atoms with Gasteiger partial charge in [0, 0.05) is 30.5 Å². The largest absolute Gasteiger partial charge is 0.466 e. The zero-order valence-electron chi connectivity index (χ0n) is 28.3. The first-order valence-electron chi connectivity index (χ1n) is 16.4. The van der Waals surface area contributed by atoms with Gasteiger partial charge in [0.2, 0.25) is 0 Å². The van der Waals surface area contributed by atoms with Crippen molar-refractivity contribution in [1.82, 2.24) is 15.0 Å². The van der Waals surface area contributed by atoms with Gasteiger partial charge in [0.25, 0.3) is 5.91 Å². The third-order valence-corrected chi connectivity index (χ3v) is 7.78. The summed E-state index contributed by atoms with van der Waals surface area (Å²) in [5.41, 5.74) is 4.87. The number of alkyl halides is 3. The molecule has 0 saturated carbocycles. The third kappa shape index (κ3) is 10.5. The van der Waals surface area contributed by atoms with Crippen LogP contribution in [-0.2, 0) is 34.0 Å². The number of ether oxygens (including phenoxy) is 2. The molecule has 0 aliphatic carbocycles. The first-order valence-corrected chi connectivity index (χ1v) is 16.4. The molecule has 3 aromatic carbocycles. The smallest absolute Gasteiger partial charge is 0.427 e. The van der Waals surface area contributed by atoms with Crippen molar-refractivity contribution in [3.05, 3.63) is 89.2 Å². The number of nitrogens with zero attached hydrogens (tertiary/aromatic N) is 4. The molecular weight excluding hydrogens is 653 g/mol. The van der Waals surface area contributed by atoms with Gasteiger partial charge in [-0.25, -0.2) is 15.2 Å². The van der Waals surface area contributed by atoms with E-state index in [0.717, 1.165) is 54.6 Å². The molecule has 11 nitrogen and oxygen atoms in total. The number of amides is 2. The summed E-state index contributed by atoms with van der Waals surface area (Å²) < 4.78 is 51.5. The van der Waals surface area contributed by atoms with E-state index in [2.05, 4.69) is 22.8 Å². The molecule has 0 atom stereocenters. The molecule has 1 aromatic heterocycles. The highest BCUT2D eigenvalue weighted by atomic mass is 19.4. The summed E-state index contributed by atoms with van der Waals surface area (Å²) >= 11 is 0. The maximum atomic E-state index is 13.7. The number of fused-ring (bicyclic) bond motifs is 1. The van der Waals surface area contributed by atoms with Crippen molar-refractivity contribution in [1.29, 1.82) is 0 Å². The molecule has 266 valence electrons. The lowest BCUT2D eigenvalue weighted by Gasteiger charge is -2.23. The Balaban J connectivity index is 1.40. The fourth-order valence-electron chi connectivity index (χ4n) is 5.06. The van der Waals surface area contributed by atoms with E-state index in [1.807, 2.05) is 35.9 Å². The minimum Gasteiger partial charge on any atom is -0.466 e. The van der Waals surface area contributed by atoms with Gasteiger partial charge in [-0.1, -0.05) is 38.3 Å². The van der Waals surface area contributed by atoms with E-state index in [1.165, 1.54) is 23.2 Å². The molecule has 0 fully saturated rings. The average Bonchev–Trinajstić information content (AvgIpc) is 3.42. The highest BCUT2D eigenvalue weighted by Gasteiger charge is 2.30. The first-order chi connectivity index (χ1) is 24.0. The molecule has 2 N–H and O–H groups in total. The van der Waals surface area contributed by atoms with Gasteiger partial charge in [0.1, 0.15) is 5.82 Å². The van der Waals surface area contributed by atoms with Crippen molar-refractivity contribution in [3.8, 4) is 0 Å². The number of hydrogen-bond donors (Lipinski definition) is 2. The zero-order chi connectivity index (χ0) is 36.1. The second kappa shape index (κ2) is 17.8. The summed E-state index contributed by atoms with van der Waals surface area (Å²) in [6.07, 6.45) is 0.303. The maximum Gasteiger partial charge on any atom is 0.427 e. The quantitative estimate of drug-likeness (QED) is 0.0540. The van der Waals surface area contributed by atoms with Gasteiger partial charge in [-0.2, -0.15) is 18.3 Å². The Labute approximate surface area is 288 Å². The number of unbranched alkanes of at least 4 members (excludes halogenated alkanes) is 3. The lowest BCUT2D eigenvalue weighted by Crippen LogP contribution is -2.33. The molecule has 0 radical (unpaired) electrons. The van der Waals surface area contributed by atoms with Crippen LogP contribution in [0.3, 0.4) is 0 Å². The Morgan fingerprint density at radius 1 is 0.960 bits per heavy atom. The Kier molecular flexibility index (Phi) is 13.3. The number of carbonyl (C=O) groups excluding carboxylic acids is 3.